The molecule has 0 saturated heterocycles. The maximum absolute atomic E-state index is 12.2. The van der Waals surface area contributed by atoms with Gasteiger partial charge in [-0.15, -0.1) is 0 Å². The molecule has 1 aromatic carbocycles. The van der Waals surface area contributed by atoms with Gasteiger partial charge in [-0.2, -0.15) is 0 Å². The number of aliphatic hydroxyl groups excluding tert-OH is 3. The van der Waals surface area contributed by atoms with E-state index in [1.165, 1.54) is 7.11 Å². The maximum atomic E-state index is 12.2. The molecule has 2 rings (SSSR count). The van der Waals surface area contributed by atoms with Crippen molar-refractivity contribution in [3.05, 3.63) is 44.7 Å². The molecule has 0 amide bonds. The van der Waals surface area contributed by atoms with Crippen LogP contribution in [0.2, 0.25) is 10.2 Å². The smallest absolute Gasteiger partial charge is 0.356 e. The first kappa shape index (κ1) is 22.2. The SMILES string of the molecule is COC(=O)Cn1c(Cl)c(-c2ccc(CO)c(CO)c2CO)c(Cl)c1C(=O)OC. The van der Waals surface area contributed by atoms with Crippen molar-refractivity contribution in [2.45, 2.75) is 26.4 Å². The number of halogens is 2. The minimum absolute atomic E-state index is 0.0499. The Kier molecular flexibility index (Phi) is 7.45. The summed E-state index contributed by atoms with van der Waals surface area (Å²) < 4.78 is 10.5. The van der Waals surface area contributed by atoms with Gasteiger partial charge >= 0.3 is 11.9 Å². The van der Waals surface area contributed by atoms with Crippen LogP contribution in [-0.2, 0) is 40.6 Å². The van der Waals surface area contributed by atoms with Crippen molar-refractivity contribution in [1.29, 1.82) is 0 Å². The number of aliphatic hydroxyl groups is 3. The second-order valence-electron chi connectivity index (χ2n) is 5.69. The fourth-order valence-corrected chi connectivity index (χ4v) is 3.69. The lowest BCUT2D eigenvalue weighted by Crippen LogP contribution is -2.17. The standard InChI is InChI=1S/C18H19Cl2NO7/c1-27-13(25)5-21-16(18(26)28-2)15(19)14(17(21)20)10-4-3-9(6-22)11(7-23)12(10)8-24/h3-4,22-24H,5-8H2,1-2H3. The first-order chi connectivity index (χ1) is 13.4. The van der Waals surface area contributed by atoms with Crippen LogP contribution in [0.5, 0.6) is 0 Å². The zero-order valence-corrected chi connectivity index (χ0v) is 16.7. The van der Waals surface area contributed by atoms with Crippen molar-refractivity contribution in [3.63, 3.8) is 0 Å². The van der Waals surface area contributed by atoms with E-state index in [4.69, 9.17) is 27.9 Å². The molecule has 8 nitrogen and oxygen atoms in total. The molecule has 0 bridgehead atoms. The minimum atomic E-state index is -0.818. The topological polar surface area (TPSA) is 118 Å². The van der Waals surface area contributed by atoms with Crippen LogP contribution in [0.15, 0.2) is 12.1 Å². The van der Waals surface area contributed by atoms with Crippen LogP contribution in [0.1, 0.15) is 27.2 Å². The highest BCUT2D eigenvalue weighted by molar-refractivity contribution is 6.41. The lowest BCUT2D eigenvalue weighted by atomic mass is 9.93. The molecule has 0 spiro atoms. The van der Waals surface area contributed by atoms with Crippen molar-refractivity contribution in [1.82, 2.24) is 4.57 Å². The van der Waals surface area contributed by atoms with Crippen molar-refractivity contribution >= 4 is 35.1 Å². The molecule has 152 valence electrons. The van der Waals surface area contributed by atoms with Gasteiger partial charge in [-0.25, -0.2) is 4.79 Å². The average Bonchev–Trinajstić information content (AvgIpc) is 2.95. The van der Waals surface area contributed by atoms with E-state index in [1.54, 1.807) is 12.1 Å². The van der Waals surface area contributed by atoms with Gasteiger partial charge in [-0.1, -0.05) is 35.3 Å². The number of hydrogen-bond acceptors (Lipinski definition) is 7. The van der Waals surface area contributed by atoms with Gasteiger partial charge in [0.1, 0.15) is 17.4 Å². The van der Waals surface area contributed by atoms with Crippen LogP contribution in [0, 0.1) is 0 Å². The number of nitrogens with zero attached hydrogens (tertiary/aromatic N) is 1. The fourth-order valence-electron chi connectivity index (χ4n) is 2.93. The highest BCUT2D eigenvalue weighted by atomic mass is 35.5. The molecular formula is C18H19Cl2NO7. The Morgan fingerprint density at radius 2 is 1.64 bits per heavy atom. The van der Waals surface area contributed by atoms with Crippen LogP contribution in [0.4, 0.5) is 0 Å². The summed E-state index contributed by atoms with van der Waals surface area (Å²) in [6.07, 6.45) is 0. The Labute approximate surface area is 170 Å². The van der Waals surface area contributed by atoms with E-state index in [9.17, 15) is 24.9 Å². The second kappa shape index (κ2) is 9.40. The third-order valence-electron chi connectivity index (χ3n) is 4.32. The van der Waals surface area contributed by atoms with E-state index in [2.05, 4.69) is 4.74 Å². The van der Waals surface area contributed by atoms with Crippen molar-refractivity contribution in [2.75, 3.05) is 14.2 Å². The van der Waals surface area contributed by atoms with Crippen molar-refractivity contribution < 1.29 is 34.4 Å². The molecule has 0 aliphatic rings. The van der Waals surface area contributed by atoms with E-state index in [0.29, 0.717) is 16.7 Å². The number of ether oxygens (including phenoxy) is 2. The minimum Gasteiger partial charge on any atom is -0.468 e. The molecule has 0 aliphatic heterocycles. The molecule has 0 atom stereocenters. The summed E-state index contributed by atoms with van der Waals surface area (Å²) in [7, 11) is 2.34. The first-order valence-corrected chi connectivity index (χ1v) is 8.80. The van der Waals surface area contributed by atoms with Crippen LogP contribution in [-0.4, -0.2) is 46.0 Å². The number of carbonyl (C=O) groups excluding carboxylic acids is 2. The van der Waals surface area contributed by atoms with E-state index < -0.39 is 31.7 Å². The van der Waals surface area contributed by atoms with Gasteiger partial charge in [-0.3, -0.25) is 4.79 Å². The Morgan fingerprint density at radius 1 is 1.00 bits per heavy atom. The number of aromatic nitrogens is 1. The van der Waals surface area contributed by atoms with Crippen LogP contribution >= 0.6 is 23.2 Å². The van der Waals surface area contributed by atoms with E-state index >= 15 is 0 Å². The van der Waals surface area contributed by atoms with Gasteiger partial charge in [0, 0.05) is 5.56 Å². The number of benzene rings is 1. The summed E-state index contributed by atoms with van der Waals surface area (Å²) in [6.45, 7) is -1.67. The summed E-state index contributed by atoms with van der Waals surface area (Å²) >= 11 is 12.9. The number of hydrogen-bond donors (Lipinski definition) is 3. The highest BCUT2D eigenvalue weighted by Gasteiger charge is 2.30. The molecule has 3 N–H and O–H groups in total. The van der Waals surface area contributed by atoms with Gasteiger partial charge in [0.05, 0.1) is 39.1 Å². The van der Waals surface area contributed by atoms with Crippen molar-refractivity contribution in [3.8, 4) is 11.1 Å². The third kappa shape index (κ3) is 3.87. The number of esters is 2. The lowest BCUT2D eigenvalue weighted by Gasteiger charge is -2.15. The molecule has 1 aromatic heterocycles. The molecule has 0 radical (unpaired) electrons. The Hall–Kier alpha value is -2.10. The Bertz CT molecular complexity index is 908. The van der Waals surface area contributed by atoms with E-state index in [-0.39, 0.29) is 33.6 Å². The van der Waals surface area contributed by atoms with Gasteiger partial charge in [0.2, 0.25) is 0 Å². The Balaban J connectivity index is 2.83. The summed E-state index contributed by atoms with van der Waals surface area (Å²) in [5.41, 5.74) is 1.38. The normalized spacial score (nSPS) is 10.8. The predicted octanol–water partition coefficient (Wildman–Crippen LogP) is 1.90. The average molecular weight is 432 g/mol. The zero-order valence-electron chi connectivity index (χ0n) is 15.2. The summed E-state index contributed by atoms with van der Waals surface area (Å²) in [6, 6.07) is 3.09. The molecule has 10 heteroatoms. The molecule has 0 aliphatic carbocycles. The fraction of sp³-hybridized carbons (Fsp3) is 0.333. The van der Waals surface area contributed by atoms with Gasteiger partial charge in [0.25, 0.3) is 0 Å². The molecule has 0 fully saturated rings. The molecule has 0 unspecified atom stereocenters. The Morgan fingerprint density at radius 3 is 2.14 bits per heavy atom. The second-order valence-corrected chi connectivity index (χ2v) is 6.42. The van der Waals surface area contributed by atoms with Gasteiger partial charge in [-0.05, 0) is 22.3 Å². The third-order valence-corrected chi connectivity index (χ3v) is 5.08. The molecular weight excluding hydrogens is 413 g/mol. The summed E-state index contributed by atoms with van der Waals surface area (Å²) in [5.74, 6) is -1.48. The van der Waals surface area contributed by atoms with E-state index in [0.717, 1.165) is 11.7 Å². The number of rotatable bonds is 7. The van der Waals surface area contributed by atoms with Crippen LogP contribution in [0.25, 0.3) is 11.1 Å². The maximum Gasteiger partial charge on any atom is 0.356 e. The monoisotopic (exact) mass is 431 g/mol. The first-order valence-electron chi connectivity index (χ1n) is 8.05. The predicted molar refractivity (Wildman–Crippen MR) is 101 cm³/mol. The van der Waals surface area contributed by atoms with Crippen molar-refractivity contribution in [2.24, 2.45) is 0 Å². The van der Waals surface area contributed by atoms with Crippen LogP contribution < -0.4 is 0 Å². The molecule has 28 heavy (non-hydrogen) atoms. The van der Waals surface area contributed by atoms with Gasteiger partial charge < -0.3 is 29.4 Å². The summed E-state index contributed by atoms with van der Waals surface area (Å²) in [5, 5.41) is 28.9. The van der Waals surface area contributed by atoms with Gasteiger partial charge in [0.15, 0.2) is 0 Å². The van der Waals surface area contributed by atoms with E-state index in [1.807, 2.05) is 0 Å². The van der Waals surface area contributed by atoms with Crippen LogP contribution in [0.3, 0.4) is 0 Å². The summed E-state index contributed by atoms with van der Waals surface area (Å²) in [4.78, 5) is 24.0. The number of methoxy groups -OCH3 is 2. The molecule has 0 saturated carbocycles. The molecule has 2 aromatic rings. The molecule has 1 heterocycles. The zero-order chi connectivity index (χ0) is 21.0. The lowest BCUT2D eigenvalue weighted by molar-refractivity contribution is -0.141. The quantitative estimate of drug-likeness (QED) is 0.572. The number of carbonyl (C=O) groups is 2. The largest absolute Gasteiger partial charge is 0.468 e. The highest BCUT2D eigenvalue weighted by Crippen LogP contribution is 2.42.